The molecule has 0 saturated carbocycles. The van der Waals surface area contributed by atoms with Crippen molar-refractivity contribution in [3.8, 4) is 5.75 Å². The Morgan fingerprint density at radius 1 is 1.36 bits per heavy atom. The molecule has 1 N–H and O–H groups in total. The number of likely N-dealkylation sites (tertiary alicyclic amines) is 1. The highest BCUT2D eigenvalue weighted by Crippen LogP contribution is 2.21. The van der Waals surface area contributed by atoms with Crippen LogP contribution < -0.4 is 4.74 Å². The van der Waals surface area contributed by atoms with E-state index in [2.05, 4.69) is 4.98 Å². The van der Waals surface area contributed by atoms with Crippen LogP contribution in [0.15, 0.2) is 35.2 Å². The summed E-state index contributed by atoms with van der Waals surface area (Å²) in [4.78, 5) is 29.2. The van der Waals surface area contributed by atoms with E-state index in [4.69, 9.17) is 9.84 Å². The second-order valence-corrected chi connectivity index (χ2v) is 6.09. The van der Waals surface area contributed by atoms with Crippen molar-refractivity contribution in [3.05, 3.63) is 46.4 Å². The highest BCUT2D eigenvalue weighted by Gasteiger charge is 2.31. The highest BCUT2D eigenvalue weighted by molar-refractivity contribution is 7.07. The summed E-state index contributed by atoms with van der Waals surface area (Å²) in [5.41, 5.74) is 3.09. The number of carboxylic acid groups (broad SMARTS) is 1. The Kier molecular flexibility index (Phi) is 8.15. The summed E-state index contributed by atoms with van der Waals surface area (Å²) in [6.45, 7) is 1.09. The average molecular weight is 405 g/mol. The molecule has 3 rings (SSSR count). The van der Waals surface area contributed by atoms with Crippen LogP contribution in [0.2, 0.25) is 0 Å². The Labute approximate surface area is 161 Å². The monoisotopic (exact) mass is 404 g/mol. The van der Waals surface area contributed by atoms with Gasteiger partial charge in [0.05, 0.1) is 17.1 Å². The van der Waals surface area contributed by atoms with Crippen molar-refractivity contribution in [2.24, 2.45) is 5.92 Å². The lowest BCUT2D eigenvalue weighted by atomic mass is 10.1. The number of ether oxygens (including phenoxy) is 1. The molecule has 9 heteroatoms. The second-order valence-electron chi connectivity index (χ2n) is 5.37. The number of amides is 1. The predicted octanol–water partition coefficient (Wildman–Crippen LogP) is 3.11. The Morgan fingerprint density at radius 2 is 2.16 bits per heavy atom. The number of carbonyl (C=O) groups excluding carboxylic acids is 1. The van der Waals surface area contributed by atoms with Gasteiger partial charge in [0.2, 0.25) is 0 Å². The van der Waals surface area contributed by atoms with E-state index in [1.165, 1.54) is 11.3 Å². The minimum absolute atomic E-state index is 0. The normalized spacial score (nSPS) is 15.8. The van der Waals surface area contributed by atoms with E-state index in [1.807, 2.05) is 5.38 Å². The molecule has 1 saturated heterocycles. The number of carboxylic acids is 1. The first kappa shape index (κ1) is 21.2. The Morgan fingerprint density at radius 3 is 2.80 bits per heavy atom. The molecule has 1 aromatic carbocycles. The van der Waals surface area contributed by atoms with Crippen LogP contribution in [0, 0.1) is 5.92 Å². The van der Waals surface area contributed by atoms with Crippen molar-refractivity contribution >= 4 is 48.0 Å². The number of hydrogen-bond acceptors (Lipinski definition) is 5. The largest absolute Gasteiger partial charge is 0.487 e. The molecule has 6 nitrogen and oxygen atoms in total. The minimum Gasteiger partial charge on any atom is -0.487 e. The van der Waals surface area contributed by atoms with E-state index in [0.717, 1.165) is 5.69 Å². The molecule has 2 aromatic rings. The van der Waals surface area contributed by atoms with E-state index in [9.17, 15) is 9.59 Å². The molecule has 1 fully saturated rings. The number of aliphatic carboxylic acids is 1. The first-order valence-electron chi connectivity index (χ1n) is 7.25. The number of aromatic nitrogens is 1. The second kappa shape index (κ2) is 9.60. The molecule has 0 spiro atoms. The summed E-state index contributed by atoms with van der Waals surface area (Å²) in [6, 6.07) is 6.94. The predicted molar refractivity (Wildman–Crippen MR) is 99.0 cm³/mol. The van der Waals surface area contributed by atoms with Gasteiger partial charge in [-0.15, -0.1) is 36.2 Å². The first-order valence-corrected chi connectivity index (χ1v) is 8.20. The molecule has 1 aliphatic rings. The van der Waals surface area contributed by atoms with Crippen molar-refractivity contribution < 1.29 is 19.4 Å². The van der Waals surface area contributed by atoms with E-state index < -0.39 is 11.9 Å². The zero-order valence-corrected chi connectivity index (χ0v) is 15.6. The topological polar surface area (TPSA) is 79.7 Å². The van der Waals surface area contributed by atoms with Gasteiger partial charge in [0.15, 0.2) is 0 Å². The number of halogens is 2. The molecule has 1 amide bonds. The van der Waals surface area contributed by atoms with Crippen LogP contribution in [-0.2, 0) is 11.4 Å². The molecule has 1 aliphatic heterocycles. The quantitative estimate of drug-likeness (QED) is 0.827. The van der Waals surface area contributed by atoms with Gasteiger partial charge in [-0.05, 0) is 24.6 Å². The molecule has 0 bridgehead atoms. The zero-order valence-electron chi connectivity index (χ0n) is 13.2. The van der Waals surface area contributed by atoms with Gasteiger partial charge in [-0.2, -0.15) is 0 Å². The third kappa shape index (κ3) is 5.32. The summed E-state index contributed by atoms with van der Waals surface area (Å²) in [5, 5.41) is 10.9. The fourth-order valence-corrected chi connectivity index (χ4v) is 3.06. The number of carbonyl (C=O) groups is 2. The summed E-state index contributed by atoms with van der Waals surface area (Å²) in [6.07, 6.45) is 0.501. The average Bonchev–Trinajstić information content (AvgIpc) is 3.24. The molecule has 0 radical (unpaired) electrons. The zero-order chi connectivity index (χ0) is 16.2. The van der Waals surface area contributed by atoms with Gasteiger partial charge in [-0.25, -0.2) is 4.98 Å². The van der Waals surface area contributed by atoms with Crippen LogP contribution in [0.3, 0.4) is 0 Å². The maximum Gasteiger partial charge on any atom is 0.308 e. The third-order valence-corrected chi connectivity index (χ3v) is 4.41. The summed E-state index contributed by atoms with van der Waals surface area (Å²) >= 11 is 1.50. The van der Waals surface area contributed by atoms with Crippen molar-refractivity contribution in [1.82, 2.24) is 9.88 Å². The number of nitrogens with zero attached hydrogens (tertiary/aromatic N) is 2. The molecular formula is C16H18Cl2N2O4S. The summed E-state index contributed by atoms with van der Waals surface area (Å²) < 4.78 is 5.64. The van der Waals surface area contributed by atoms with Crippen LogP contribution in [0.4, 0.5) is 0 Å². The lowest BCUT2D eigenvalue weighted by molar-refractivity contribution is -0.141. The van der Waals surface area contributed by atoms with Gasteiger partial charge in [0.1, 0.15) is 12.4 Å². The Hall–Kier alpha value is -1.83. The lowest BCUT2D eigenvalue weighted by Gasteiger charge is -2.16. The molecular weight excluding hydrogens is 387 g/mol. The van der Waals surface area contributed by atoms with E-state index in [-0.39, 0.29) is 37.3 Å². The standard InChI is InChI=1S/C16H16N2O4S.2ClH/c19-15(18-5-4-12(7-18)16(20)21)11-2-1-3-14(6-11)22-8-13-9-23-10-17-13;;/h1-3,6,9-10,12H,4-5,7-8H2,(H,20,21);2*1H. The van der Waals surface area contributed by atoms with Gasteiger partial charge in [0, 0.05) is 24.0 Å². The highest BCUT2D eigenvalue weighted by atomic mass is 35.5. The molecule has 2 heterocycles. The van der Waals surface area contributed by atoms with Gasteiger partial charge < -0.3 is 14.7 Å². The molecule has 1 aromatic heterocycles. The molecule has 25 heavy (non-hydrogen) atoms. The van der Waals surface area contributed by atoms with Crippen molar-refractivity contribution in [2.45, 2.75) is 13.0 Å². The van der Waals surface area contributed by atoms with E-state index in [1.54, 1.807) is 34.7 Å². The number of hydrogen-bond donors (Lipinski definition) is 1. The Balaban J connectivity index is 0.00000156. The van der Waals surface area contributed by atoms with Gasteiger partial charge in [-0.1, -0.05) is 6.07 Å². The first-order chi connectivity index (χ1) is 11.1. The third-order valence-electron chi connectivity index (χ3n) is 3.78. The maximum absolute atomic E-state index is 12.5. The molecule has 0 aliphatic carbocycles. The van der Waals surface area contributed by atoms with Gasteiger partial charge >= 0.3 is 5.97 Å². The van der Waals surface area contributed by atoms with Crippen LogP contribution in [0.25, 0.3) is 0 Å². The van der Waals surface area contributed by atoms with Crippen LogP contribution >= 0.6 is 36.2 Å². The lowest BCUT2D eigenvalue weighted by Crippen LogP contribution is -2.29. The van der Waals surface area contributed by atoms with Crippen LogP contribution in [0.5, 0.6) is 5.75 Å². The summed E-state index contributed by atoms with van der Waals surface area (Å²) in [5.74, 6) is -0.880. The SMILES string of the molecule is Cl.Cl.O=C(O)C1CCN(C(=O)c2cccc(OCc3cscn3)c2)C1. The smallest absolute Gasteiger partial charge is 0.308 e. The Bertz CT molecular complexity index is 712. The van der Waals surface area contributed by atoms with E-state index in [0.29, 0.717) is 30.9 Å². The van der Waals surface area contributed by atoms with Crippen LogP contribution in [-0.4, -0.2) is 40.0 Å². The van der Waals surface area contributed by atoms with E-state index >= 15 is 0 Å². The van der Waals surface area contributed by atoms with Gasteiger partial charge in [0.25, 0.3) is 5.91 Å². The fraction of sp³-hybridized carbons (Fsp3) is 0.312. The molecule has 1 atom stereocenters. The number of rotatable bonds is 5. The minimum atomic E-state index is -0.847. The summed E-state index contributed by atoms with van der Waals surface area (Å²) in [7, 11) is 0. The number of thiazole rings is 1. The van der Waals surface area contributed by atoms with Crippen molar-refractivity contribution in [1.29, 1.82) is 0 Å². The van der Waals surface area contributed by atoms with Gasteiger partial charge in [-0.3, -0.25) is 9.59 Å². The van der Waals surface area contributed by atoms with Crippen molar-refractivity contribution in [2.75, 3.05) is 13.1 Å². The van der Waals surface area contributed by atoms with Crippen molar-refractivity contribution in [3.63, 3.8) is 0 Å². The maximum atomic E-state index is 12.5. The van der Waals surface area contributed by atoms with Crippen LogP contribution in [0.1, 0.15) is 22.5 Å². The number of benzene rings is 1. The molecule has 1 unspecified atom stereocenters. The fourth-order valence-electron chi connectivity index (χ4n) is 2.51. The molecule has 136 valence electrons.